The van der Waals surface area contributed by atoms with Crippen molar-refractivity contribution < 1.29 is 4.79 Å². The highest BCUT2D eigenvalue weighted by Gasteiger charge is 2.12. The first-order chi connectivity index (χ1) is 8.50. The first kappa shape index (κ1) is 13.1. The number of aromatic nitrogens is 2. The van der Waals surface area contributed by atoms with Crippen LogP contribution in [0.2, 0.25) is 0 Å². The number of hydrogen-bond donors (Lipinski definition) is 0. The van der Waals surface area contributed by atoms with Gasteiger partial charge in [0.2, 0.25) is 5.78 Å². The number of hydrogen-bond acceptors (Lipinski definition) is 3. The summed E-state index contributed by atoms with van der Waals surface area (Å²) in [5.74, 6) is -0.0405. The van der Waals surface area contributed by atoms with Crippen molar-refractivity contribution in [1.82, 2.24) is 14.3 Å². The van der Waals surface area contributed by atoms with Gasteiger partial charge in [0.25, 0.3) is 0 Å². The standard InChI is InChI=1S/C13H14IN3O/c1-9-4-5-10(14)13-15-8-11(17(9)13)12(18)6-7-16(2)3/h4-8H,1-3H3. The van der Waals surface area contributed by atoms with E-state index in [1.54, 1.807) is 18.5 Å². The average Bonchev–Trinajstić information content (AvgIpc) is 2.76. The van der Waals surface area contributed by atoms with E-state index in [-0.39, 0.29) is 5.78 Å². The summed E-state index contributed by atoms with van der Waals surface area (Å²) in [5.41, 5.74) is 2.43. The van der Waals surface area contributed by atoms with Crippen molar-refractivity contribution >= 4 is 34.0 Å². The quantitative estimate of drug-likeness (QED) is 0.482. The van der Waals surface area contributed by atoms with Crippen molar-refractivity contribution in [3.63, 3.8) is 0 Å². The lowest BCUT2D eigenvalue weighted by molar-refractivity contribution is 0.104. The van der Waals surface area contributed by atoms with E-state index in [0.29, 0.717) is 5.69 Å². The van der Waals surface area contributed by atoms with Crippen molar-refractivity contribution in [2.75, 3.05) is 14.1 Å². The van der Waals surface area contributed by atoms with Crippen LogP contribution in [0.4, 0.5) is 0 Å². The molecule has 0 N–H and O–H groups in total. The minimum absolute atomic E-state index is 0.0405. The Balaban J connectivity index is 2.53. The molecule has 94 valence electrons. The Labute approximate surface area is 119 Å². The zero-order chi connectivity index (χ0) is 13.3. The monoisotopic (exact) mass is 355 g/mol. The van der Waals surface area contributed by atoms with Crippen molar-refractivity contribution in [3.05, 3.63) is 45.6 Å². The maximum absolute atomic E-state index is 12.1. The van der Waals surface area contributed by atoms with Crippen LogP contribution >= 0.6 is 22.6 Å². The Morgan fingerprint density at radius 2 is 2.17 bits per heavy atom. The number of pyridine rings is 1. The van der Waals surface area contributed by atoms with E-state index in [2.05, 4.69) is 27.6 Å². The predicted octanol–water partition coefficient (Wildman–Crippen LogP) is 2.51. The van der Waals surface area contributed by atoms with E-state index in [1.165, 1.54) is 0 Å². The van der Waals surface area contributed by atoms with E-state index in [1.807, 2.05) is 42.5 Å². The number of rotatable bonds is 3. The fourth-order valence-corrected chi connectivity index (χ4v) is 2.26. The lowest BCUT2D eigenvalue weighted by atomic mass is 10.2. The number of nitrogens with zero attached hydrogens (tertiary/aromatic N) is 3. The van der Waals surface area contributed by atoms with Gasteiger partial charge >= 0.3 is 0 Å². The normalized spacial score (nSPS) is 11.3. The number of imidazole rings is 1. The molecule has 0 radical (unpaired) electrons. The largest absolute Gasteiger partial charge is 0.383 e. The van der Waals surface area contributed by atoms with Crippen LogP contribution in [0.15, 0.2) is 30.6 Å². The Hall–Kier alpha value is -1.37. The van der Waals surface area contributed by atoms with Crippen LogP contribution in [0.5, 0.6) is 0 Å². The molecule has 0 saturated carbocycles. The number of carbonyl (C=O) groups excluding carboxylic acids is 1. The lowest BCUT2D eigenvalue weighted by Crippen LogP contribution is -2.06. The van der Waals surface area contributed by atoms with Gasteiger partial charge in [-0.3, -0.25) is 9.20 Å². The molecule has 2 aromatic rings. The third kappa shape index (κ3) is 2.40. The molecule has 5 heteroatoms. The van der Waals surface area contributed by atoms with Crippen molar-refractivity contribution in [2.45, 2.75) is 6.92 Å². The molecule has 0 bridgehead atoms. The summed E-state index contributed by atoms with van der Waals surface area (Å²) in [6.07, 6.45) is 4.93. The van der Waals surface area contributed by atoms with Gasteiger partial charge < -0.3 is 4.90 Å². The lowest BCUT2D eigenvalue weighted by Gasteiger charge is -2.05. The van der Waals surface area contributed by atoms with E-state index in [4.69, 9.17) is 0 Å². The summed E-state index contributed by atoms with van der Waals surface area (Å²) in [6, 6.07) is 3.99. The Kier molecular flexibility index (Phi) is 3.70. The van der Waals surface area contributed by atoms with Crippen molar-refractivity contribution in [2.24, 2.45) is 0 Å². The molecule has 4 nitrogen and oxygen atoms in total. The minimum Gasteiger partial charge on any atom is -0.383 e. The van der Waals surface area contributed by atoms with Crippen LogP contribution in [0.3, 0.4) is 0 Å². The maximum Gasteiger partial charge on any atom is 0.205 e. The Bertz CT molecular complexity index is 628. The minimum atomic E-state index is -0.0405. The molecule has 0 saturated heterocycles. The summed E-state index contributed by atoms with van der Waals surface area (Å²) in [6.45, 7) is 1.97. The molecule has 0 aliphatic heterocycles. The summed E-state index contributed by atoms with van der Waals surface area (Å²) in [4.78, 5) is 18.3. The van der Waals surface area contributed by atoms with Gasteiger partial charge in [-0.1, -0.05) is 0 Å². The number of ketones is 1. The van der Waals surface area contributed by atoms with Crippen LogP contribution in [0, 0.1) is 10.5 Å². The van der Waals surface area contributed by atoms with Crippen LogP contribution in [-0.4, -0.2) is 34.2 Å². The average molecular weight is 355 g/mol. The summed E-state index contributed by atoms with van der Waals surface area (Å²) >= 11 is 2.22. The van der Waals surface area contributed by atoms with Gasteiger partial charge in [-0.25, -0.2) is 4.98 Å². The topological polar surface area (TPSA) is 37.6 Å². The number of halogens is 1. The molecular formula is C13H14IN3O. The third-order valence-corrected chi connectivity index (χ3v) is 3.42. The van der Waals surface area contributed by atoms with E-state index in [9.17, 15) is 4.79 Å². The highest BCUT2D eigenvalue weighted by atomic mass is 127. The Morgan fingerprint density at radius 3 is 2.83 bits per heavy atom. The second kappa shape index (κ2) is 5.09. The van der Waals surface area contributed by atoms with Gasteiger partial charge in [0, 0.05) is 32.1 Å². The zero-order valence-electron chi connectivity index (χ0n) is 10.5. The van der Waals surface area contributed by atoms with Crippen LogP contribution in [0.1, 0.15) is 16.2 Å². The molecule has 0 atom stereocenters. The second-order valence-electron chi connectivity index (χ2n) is 4.27. The third-order valence-electron chi connectivity index (χ3n) is 2.58. The summed E-state index contributed by atoms with van der Waals surface area (Å²) < 4.78 is 2.93. The molecule has 2 rings (SSSR count). The van der Waals surface area contributed by atoms with Gasteiger partial charge in [0.1, 0.15) is 5.69 Å². The molecule has 0 aliphatic rings. The first-order valence-corrected chi connectivity index (χ1v) is 6.60. The smallest absolute Gasteiger partial charge is 0.205 e. The molecule has 0 amide bonds. The first-order valence-electron chi connectivity index (χ1n) is 5.52. The van der Waals surface area contributed by atoms with Crippen LogP contribution in [0.25, 0.3) is 5.65 Å². The van der Waals surface area contributed by atoms with Crippen LogP contribution < -0.4 is 0 Å². The number of fused-ring (bicyclic) bond motifs is 1. The number of allylic oxidation sites excluding steroid dienone is 1. The Morgan fingerprint density at radius 1 is 1.44 bits per heavy atom. The van der Waals surface area contributed by atoms with Crippen molar-refractivity contribution in [1.29, 1.82) is 0 Å². The highest BCUT2D eigenvalue weighted by molar-refractivity contribution is 14.1. The number of aryl methyl sites for hydroxylation is 1. The molecule has 18 heavy (non-hydrogen) atoms. The van der Waals surface area contributed by atoms with Gasteiger partial charge in [-0.15, -0.1) is 0 Å². The highest BCUT2D eigenvalue weighted by Crippen LogP contribution is 2.17. The van der Waals surface area contributed by atoms with E-state index < -0.39 is 0 Å². The molecule has 0 aliphatic carbocycles. The van der Waals surface area contributed by atoms with Gasteiger partial charge in [0.05, 0.1) is 9.77 Å². The van der Waals surface area contributed by atoms with Gasteiger partial charge in [-0.05, 0) is 41.6 Å². The van der Waals surface area contributed by atoms with Crippen molar-refractivity contribution in [3.8, 4) is 0 Å². The van der Waals surface area contributed by atoms with E-state index in [0.717, 1.165) is 14.9 Å². The second-order valence-corrected chi connectivity index (χ2v) is 5.43. The zero-order valence-corrected chi connectivity index (χ0v) is 12.7. The van der Waals surface area contributed by atoms with Gasteiger partial charge in [-0.2, -0.15) is 0 Å². The SMILES string of the molecule is Cc1ccc(I)c2ncc(C(=O)C=CN(C)C)n12. The molecule has 0 fully saturated rings. The predicted molar refractivity (Wildman–Crippen MR) is 79.8 cm³/mol. The van der Waals surface area contributed by atoms with E-state index >= 15 is 0 Å². The molecular weight excluding hydrogens is 341 g/mol. The summed E-state index contributed by atoms with van der Waals surface area (Å²) in [5, 5.41) is 0. The maximum atomic E-state index is 12.1. The number of carbonyl (C=O) groups is 1. The molecule has 2 heterocycles. The summed E-state index contributed by atoms with van der Waals surface area (Å²) in [7, 11) is 3.76. The fourth-order valence-electron chi connectivity index (χ4n) is 1.70. The molecule has 0 spiro atoms. The molecule has 0 unspecified atom stereocenters. The molecule has 2 aromatic heterocycles. The molecule has 0 aromatic carbocycles. The van der Waals surface area contributed by atoms with Crippen LogP contribution in [-0.2, 0) is 0 Å². The fraction of sp³-hybridized carbons (Fsp3) is 0.231. The van der Waals surface area contributed by atoms with Gasteiger partial charge in [0.15, 0.2) is 5.65 Å².